The van der Waals surface area contributed by atoms with Crippen molar-refractivity contribution in [2.45, 2.75) is 46.1 Å². The van der Waals surface area contributed by atoms with Gasteiger partial charge in [-0.15, -0.1) is 11.3 Å². The van der Waals surface area contributed by atoms with E-state index in [4.69, 9.17) is 10.7 Å². The van der Waals surface area contributed by atoms with Gasteiger partial charge in [-0.3, -0.25) is 4.40 Å². The summed E-state index contributed by atoms with van der Waals surface area (Å²) in [5.41, 5.74) is 7.66. The summed E-state index contributed by atoms with van der Waals surface area (Å²) < 4.78 is 2.14. The molecule has 1 fully saturated rings. The van der Waals surface area contributed by atoms with Crippen molar-refractivity contribution in [1.82, 2.24) is 9.38 Å². The van der Waals surface area contributed by atoms with Gasteiger partial charge in [-0.2, -0.15) is 0 Å². The zero-order valence-corrected chi connectivity index (χ0v) is 13.2. The third kappa shape index (κ3) is 2.13. The molecular weight excluding hydrogens is 268 g/mol. The highest BCUT2D eigenvalue weighted by molar-refractivity contribution is 7.15. The van der Waals surface area contributed by atoms with Crippen molar-refractivity contribution < 1.29 is 0 Å². The number of thiazole rings is 1. The summed E-state index contributed by atoms with van der Waals surface area (Å²) in [6.07, 6.45) is 7.20. The van der Waals surface area contributed by atoms with Crippen LogP contribution >= 0.6 is 11.3 Å². The second-order valence-corrected chi connectivity index (χ2v) is 6.71. The number of nitrogens with two attached hydrogens (primary N) is 1. The van der Waals surface area contributed by atoms with Crippen LogP contribution in [-0.2, 0) is 6.54 Å². The minimum absolute atomic E-state index is 0.552. The number of imidazole rings is 1. The van der Waals surface area contributed by atoms with Crippen molar-refractivity contribution in [3.8, 4) is 0 Å². The number of fused-ring (bicyclic) bond motifs is 1. The molecule has 0 saturated carbocycles. The van der Waals surface area contributed by atoms with Crippen molar-refractivity contribution in [2.24, 2.45) is 11.1 Å². The van der Waals surface area contributed by atoms with Crippen molar-refractivity contribution in [3.63, 3.8) is 0 Å². The van der Waals surface area contributed by atoms with Crippen LogP contribution in [0.5, 0.6) is 0 Å². The fourth-order valence-electron chi connectivity index (χ4n) is 3.41. The van der Waals surface area contributed by atoms with Crippen LogP contribution in [0.2, 0.25) is 0 Å². The van der Waals surface area contributed by atoms with Gasteiger partial charge < -0.3 is 10.6 Å². The van der Waals surface area contributed by atoms with E-state index in [9.17, 15) is 0 Å². The first-order chi connectivity index (χ1) is 9.73. The van der Waals surface area contributed by atoms with Gasteiger partial charge in [-0.05, 0) is 18.3 Å². The topological polar surface area (TPSA) is 46.6 Å². The number of anilines is 1. The molecule has 1 saturated heterocycles. The van der Waals surface area contributed by atoms with Crippen LogP contribution in [0, 0.1) is 5.41 Å². The van der Waals surface area contributed by atoms with Crippen LogP contribution in [-0.4, -0.2) is 22.5 Å². The van der Waals surface area contributed by atoms with E-state index >= 15 is 0 Å². The zero-order chi connectivity index (χ0) is 14.2. The van der Waals surface area contributed by atoms with Crippen molar-refractivity contribution in [1.29, 1.82) is 0 Å². The zero-order valence-electron chi connectivity index (χ0n) is 12.4. The Hall–Kier alpha value is -1.07. The Bertz CT molecular complexity index is 572. The van der Waals surface area contributed by atoms with Crippen LogP contribution in [0.25, 0.3) is 4.96 Å². The molecule has 110 valence electrons. The third-order valence-electron chi connectivity index (χ3n) is 5.16. The highest BCUT2D eigenvalue weighted by atomic mass is 32.1. The maximum atomic E-state index is 5.95. The lowest BCUT2D eigenvalue weighted by Crippen LogP contribution is -2.40. The van der Waals surface area contributed by atoms with E-state index in [1.54, 1.807) is 11.3 Å². The molecule has 1 aliphatic rings. The highest BCUT2D eigenvalue weighted by Gasteiger charge is 2.32. The summed E-state index contributed by atoms with van der Waals surface area (Å²) in [4.78, 5) is 8.29. The van der Waals surface area contributed by atoms with Crippen LogP contribution in [0.1, 0.15) is 45.2 Å². The van der Waals surface area contributed by atoms with Crippen LogP contribution < -0.4 is 10.6 Å². The summed E-state index contributed by atoms with van der Waals surface area (Å²) in [7, 11) is 0. The summed E-state index contributed by atoms with van der Waals surface area (Å²) in [6, 6.07) is 0. The largest absolute Gasteiger partial charge is 0.355 e. The molecule has 0 bridgehead atoms. The smallest absolute Gasteiger partial charge is 0.195 e. The Morgan fingerprint density at radius 2 is 2.00 bits per heavy atom. The number of hydrogen-bond acceptors (Lipinski definition) is 4. The first kappa shape index (κ1) is 13.9. The Morgan fingerprint density at radius 3 is 2.60 bits per heavy atom. The van der Waals surface area contributed by atoms with Gasteiger partial charge in [0.2, 0.25) is 0 Å². The molecule has 2 aromatic heterocycles. The minimum Gasteiger partial charge on any atom is -0.355 e. The van der Waals surface area contributed by atoms with Gasteiger partial charge in [-0.1, -0.05) is 26.7 Å². The molecule has 2 N–H and O–H groups in total. The molecule has 3 heterocycles. The normalized spacial score (nSPS) is 18.9. The lowest BCUT2D eigenvalue weighted by molar-refractivity contribution is 0.199. The predicted molar refractivity (Wildman–Crippen MR) is 85.4 cm³/mol. The van der Waals surface area contributed by atoms with Crippen LogP contribution in [0.3, 0.4) is 0 Å². The van der Waals surface area contributed by atoms with E-state index in [0.717, 1.165) is 29.6 Å². The molecule has 0 aliphatic carbocycles. The van der Waals surface area contributed by atoms with Crippen LogP contribution in [0.4, 0.5) is 5.82 Å². The molecule has 0 aromatic carbocycles. The number of aromatic nitrogens is 2. The van der Waals surface area contributed by atoms with Gasteiger partial charge in [0.15, 0.2) is 10.8 Å². The summed E-state index contributed by atoms with van der Waals surface area (Å²) in [5, 5.41) is 2.07. The predicted octanol–water partition coefficient (Wildman–Crippen LogP) is 3.26. The van der Waals surface area contributed by atoms with Crippen LogP contribution in [0.15, 0.2) is 11.6 Å². The summed E-state index contributed by atoms with van der Waals surface area (Å²) in [6.45, 7) is 7.43. The van der Waals surface area contributed by atoms with Gasteiger partial charge in [0.1, 0.15) is 0 Å². The maximum Gasteiger partial charge on any atom is 0.195 e. The van der Waals surface area contributed by atoms with E-state index in [-0.39, 0.29) is 0 Å². The van der Waals surface area contributed by atoms with E-state index in [0.29, 0.717) is 12.0 Å². The monoisotopic (exact) mass is 292 g/mol. The first-order valence-corrected chi connectivity index (χ1v) is 8.50. The molecule has 0 unspecified atom stereocenters. The number of piperidine rings is 1. The summed E-state index contributed by atoms with van der Waals surface area (Å²) >= 11 is 1.68. The van der Waals surface area contributed by atoms with Crippen molar-refractivity contribution in [3.05, 3.63) is 17.3 Å². The number of hydrogen-bond donors (Lipinski definition) is 1. The lowest BCUT2D eigenvalue weighted by Gasteiger charge is -2.41. The molecule has 5 heteroatoms. The van der Waals surface area contributed by atoms with Crippen molar-refractivity contribution in [2.75, 3.05) is 18.0 Å². The maximum absolute atomic E-state index is 5.95. The van der Waals surface area contributed by atoms with Gasteiger partial charge in [0, 0.05) is 31.2 Å². The fourth-order valence-corrected chi connectivity index (χ4v) is 4.14. The third-order valence-corrected chi connectivity index (χ3v) is 5.91. The van der Waals surface area contributed by atoms with E-state index in [2.05, 4.69) is 34.7 Å². The van der Waals surface area contributed by atoms with E-state index in [1.807, 2.05) is 0 Å². The second-order valence-electron chi connectivity index (χ2n) is 5.84. The SMILES string of the molecule is CCC1(CC)CCN(c2nc3sccn3c2CN)CC1. The van der Waals surface area contributed by atoms with Crippen molar-refractivity contribution >= 4 is 22.1 Å². The Labute approximate surface area is 124 Å². The van der Waals surface area contributed by atoms with Gasteiger partial charge in [0.25, 0.3) is 0 Å². The first-order valence-electron chi connectivity index (χ1n) is 7.62. The average molecular weight is 292 g/mol. The average Bonchev–Trinajstić information content (AvgIpc) is 3.07. The molecule has 0 amide bonds. The second kappa shape index (κ2) is 5.37. The standard InChI is InChI=1S/C15H24N4S/c1-3-15(4-2)5-7-18(8-6-15)13-12(11-16)19-9-10-20-14(19)17-13/h9-10H,3-8,11,16H2,1-2H3. The molecule has 3 rings (SSSR count). The minimum atomic E-state index is 0.552. The van der Waals surface area contributed by atoms with E-state index in [1.165, 1.54) is 25.7 Å². The Kier molecular flexibility index (Phi) is 3.73. The van der Waals surface area contributed by atoms with Gasteiger partial charge in [0.05, 0.1) is 5.69 Å². The Morgan fingerprint density at radius 1 is 1.30 bits per heavy atom. The summed E-state index contributed by atoms with van der Waals surface area (Å²) in [5.74, 6) is 1.11. The number of nitrogens with zero attached hydrogens (tertiary/aromatic N) is 3. The fraction of sp³-hybridized carbons (Fsp3) is 0.667. The lowest BCUT2D eigenvalue weighted by atomic mass is 9.74. The molecule has 1 aliphatic heterocycles. The highest BCUT2D eigenvalue weighted by Crippen LogP contribution is 2.39. The Balaban J connectivity index is 1.84. The molecule has 4 nitrogen and oxygen atoms in total. The molecule has 0 radical (unpaired) electrons. The quantitative estimate of drug-likeness (QED) is 0.941. The molecular formula is C15H24N4S. The molecule has 20 heavy (non-hydrogen) atoms. The molecule has 2 aromatic rings. The number of rotatable bonds is 4. The van der Waals surface area contributed by atoms with E-state index < -0.39 is 0 Å². The van der Waals surface area contributed by atoms with Gasteiger partial charge >= 0.3 is 0 Å². The molecule has 0 atom stereocenters. The molecule has 0 spiro atoms. The van der Waals surface area contributed by atoms with Gasteiger partial charge in [-0.25, -0.2) is 4.98 Å².